The third kappa shape index (κ3) is 25.5. The van der Waals surface area contributed by atoms with Crippen LogP contribution in [0.4, 0.5) is 0 Å². The molecule has 0 aliphatic carbocycles. The fourth-order valence-corrected chi connectivity index (χ4v) is 3.51. The topological polar surface area (TPSA) is 0 Å². The van der Waals surface area contributed by atoms with Crippen molar-refractivity contribution in [3.8, 4) is 0 Å². The van der Waals surface area contributed by atoms with Gasteiger partial charge in [-0.3, -0.25) is 0 Å². The zero-order valence-corrected chi connectivity index (χ0v) is 16.8. The van der Waals surface area contributed by atoms with Gasteiger partial charge < -0.3 is 0 Å². The summed E-state index contributed by atoms with van der Waals surface area (Å²) in [7, 11) is 0. The fourth-order valence-electron chi connectivity index (χ4n) is 3.51. The van der Waals surface area contributed by atoms with E-state index in [1.165, 1.54) is 135 Å². The molecule has 0 heterocycles. The summed E-state index contributed by atoms with van der Waals surface area (Å²) < 4.78 is 0. The van der Waals surface area contributed by atoms with Crippen LogP contribution in [0.5, 0.6) is 0 Å². The zero-order chi connectivity index (χ0) is 16.8. The van der Waals surface area contributed by atoms with Gasteiger partial charge in [0.25, 0.3) is 0 Å². The predicted octanol–water partition coefficient (Wildman–Crippen LogP) is 8.30. The molecule has 0 nitrogen and oxygen atoms in total. The summed E-state index contributed by atoms with van der Waals surface area (Å²) in [6.45, 7) is 4.60. The maximum absolute atomic E-state index is 2.30. The van der Waals surface area contributed by atoms with Crippen molar-refractivity contribution in [1.29, 1.82) is 0 Å². The molecule has 0 spiro atoms. The van der Waals surface area contributed by atoms with E-state index in [2.05, 4.69) is 13.8 Å². The molecule has 0 aliphatic rings. The third-order valence-electron chi connectivity index (χ3n) is 5.21. The Hall–Kier alpha value is 1.26. The molecule has 0 bridgehead atoms. The fraction of sp³-hybridized carbons (Fsp3) is 1.00. The molecule has 0 saturated heterocycles. The number of rotatable bonds is 20. The van der Waals surface area contributed by atoms with Crippen molar-refractivity contribution in [2.24, 2.45) is 0 Å². The normalized spacial score (nSPS) is 10.8. The predicted molar refractivity (Wildman–Crippen MR) is 117 cm³/mol. The van der Waals surface area contributed by atoms with Crippen LogP contribution in [-0.4, -0.2) is 37.7 Å². The van der Waals surface area contributed by atoms with Crippen LogP contribution in [0.15, 0.2) is 0 Å². The molecule has 0 aromatic rings. The molecule has 0 saturated carbocycles. The van der Waals surface area contributed by atoms with Crippen LogP contribution in [0.1, 0.15) is 149 Å². The number of hydrogen-bond acceptors (Lipinski definition) is 0. The number of unbranched alkanes of at least 4 members (excludes halogenated alkanes) is 20. The van der Waals surface area contributed by atoms with Crippen molar-refractivity contribution >= 4 is 37.7 Å². The Labute approximate surface area is 185 Å². The second kappa shape index (κ2) is 26.5. The van der Waals surface area contributed by atoms with Crippen molar-refractivity contribution in [3.05, 3.63) is 0 Å². The van der Waals surface area contributed by atoms with Crippen LogP contribution in [0.25, 0.3) is 0 Å². The molecule has 0 unspecified atom stereocenters. The van der Waals surface area contributed by atoms with E-state index in [9.17, 15) is 0 Å². The van der Waals surface area contributed by atoms with Gasteiger partial charge in [0.05, 0.1) is 0 Å². The quantitative estimate of drug-likeness (QED) is 0.150. The molecule has 0 atom stereocenters. The summed E-state index contributed by atoms with van der Waals surface area (Å²) in [5, 5.41) is 0. The molecule has 0 rings (SSSR count). The Bertz CT molecular complexity index is 170. The van der Waals surface area contributed by atoms with Gasteiger partial charge in [0.15, 0.2) is 0 Å². The summed E-state index contributed by atoms with van der Waals surface area (Å²) in [6, 6.07) is 0. The Morgan fingerprint density at radius 2 is 0.375 bits per heavy atom. The summed E-state index contributed by atoms with van der Waals surface area (Å²) in [4.78, 5) is 0. The summed E-state index contributed by atoms with van der Waals surface area (Å²) in [6.07, 6.45) is 30.9. The Morgan fingerprint density at radius 1 is 0.250 bits per heavy atom. The van der Waals surface area contributed by atoms with E-state index in [4.69, 9.17) is 0 Å². The van der Waals surface area contributed by atoms with Crippen LogP contribution in [0.3, 0.4) is 0 Å². The maximum atomic E-state index is 2.30. The summed E-state index contributed by atoms with van der Waals surface area (Å²) in [5.41, 5.74) is 0. The van der Waals surface area contributed by atoms with Crippen molar-refractivity contribution in [2.45, 2.75) is 149 Å². The van der Waals surface area contributed by atoms with Crippen molar-refractivity contribution in [3.63, 3.8) is 0 Å². The van der Waals surface area contributed by atoms with Gasteiger partial charge in [-0.25, -0.2) is 0 Å². The van der Waals surface area contributed by atoms with Crippen LogP contribution >= 0.6 is 0 Å². The van der Waals surface area contributed by atoms with Crippen LogP contribution in [0, 0.1) is 0 Å². The monoisotopic (exact) mass is 366 g/mol. The SMILES string of the molecule is CCCCCCCCCCCCCCCCCCCCCCC.[CaH2]. The van der Waals surface area contributed by atoms with E-state index < -0.39 is 0 Å². The Morgan fingerprint density at radius 3 is 0.500 bits per heavy atom. The van der Waals surface area contributed by atoms with Crippen LogP contribution < -0.4 is 0 Å². The Kier molecular flexibility index (Phi) is 30.3. The first-order valence-electron chi connectivity index (χ1n) is 11.4. The minimum atomic E-state index is 0. The van der Waals surface area contributed by atoms with Gasteiger partial charge in [0.1, 0.15) is 0 Å². The average Bonchev–Trinajstić information content (AvgIpc) is 2.57. The van der Waals surface area contributed by atoms with Gasteiger partial charge in [-0.05, 0) is 0 Å². The van der Waals surface area contributed by atoms with E-state index in [1.807, 2.05) is 0 Å². The molecular formula is C23H50Ca. The molecule has 0 amide bonds. The summed E-state index contributed by atoms with van der Waals surface area (Å²) in [5.74, 6) is 0. The molecule has 0 aliphatic heterocycles. The first-order valence-corrected chi connectivity index (χ1v) is 11.4. The van der Waals surface area contributed by atoms with Gasteiger partial charge >= 0.3 is 37.7 Å². The van der Waals surface area contributed by atoms with Crippen molar-refractivity contribution < 1.29 is 0 Å². The van der Waals surface area contributed by atoms with Gasteiger partial charge in [0.2, 0.25) is 0 Å². The zero-order valence-electron chi connectivity index (χ0n) is 16.8. The average molecular weight is 367 g/mol. The second-order valence-corrected chi connectivity index (χ2v) is 7.72. The molecule has 0 radical (unpaired) electrons. The molecule has 1 heteroatoms. The van der Waals surface area contributed by atoms with Gasteiger partial charge in [-0.15, -0.1) is 0 Å². The number of hydrogen-bond donors (Lipinski definition) is 0. The molecule has 24 heavy (non-hydrogen) atoms. The van der Waals surface area contributed by atoms with Crippen molar-refractivity contribution in [1.82, 2.24) is 0 Å². The van der Waals surface area contributed by atoms with E-state index in [-0.39, 0.29) is 37.7 Å². The molecule has 0 aromatic carbocycles. The van der Waals surface area contributed by atoms with Gasteiger partial charge in [0, 0.05) is 0 Å². The molecule has 0 N–H and O–H groups in total. The first kappa shape index (κ1) is 27.5. The van der Waals surface area contributed by atoms with E-state index in [0.29, 0.717) is 0 Å². The molecular weight excluding hydrogens is 316 g/mol. The summed E-state index contributed by atoms with van der Waals surface area (Å²) >= 11 is 0. The van der Waals surface area contributed by atoms with E-state index in [1.54, 1.807) is 0 Å². The van der Waals surface area contributed by atoms with Gasteiger partial charge in [-0.2, -0.15) is 0 Å². The molecule has 0 fully saturated rings. The van der Waals surface area contributed by atoms with Crippen LogP contribution in [-0.2, 0) is 0 Å². The van der Waals surface area contributed by atoms with Crippen LogP contribution in [0.2, 0.25) is 0 Å². The molecule has 144 valence electrons. The second-order valence-electron chi connectivity index (χ2n) is 7.72. The van der Waals surface area contributed by atoms with E-state index in [0.717, 1.165) is 0 Å². The Balaban J connectivity index is 0. The standard InChI is InChI=1S/C23H48.Ca.2H/c1-3-5-7-9-11-13-15-17-19-21-23-22-20-18-16-14-12-10-8-6-4-2;;;/h3-23H2,1-2H3;;;. The van der Waals surface area contributed by atoms with Gasteiger partial charge in [-0.1, -0.05) is 149 Å². The first-order chi connectivity index (χ1) is 11.4. The van der Waals surface area contributed by atoms with E-state index >= 15 is 0 Å². The third-order valence-corrected chi connectivity index (χ3v) is 5.21. The molecule has 0 aromatic heterocycles. The minimum absolute atomic E-state index is 0. The van der Waals surface area contributed by atoms with Crippen molar-refractivity contribution in [2.75, 3.05) is 0 Å².